The lowest BCUT2D eigenvalue weighted by Crippen LogP contribution is -2.21. The van der Waals surface area contributed by atoms with E-state index >= 15 is 0 Å². The monoisotopic (exact) mass is 247 g/mol. The molecule has 0 amide bonds. The molecule has 0 aromatic carbocycles. The maximum absolute atomic E-state index is 5.42. The normalized spacial score (nSPS) is 29.6. The molecular formula is C13H21N5. The topological polar surface area (TPSA) is 75.9 Å². The molecule has 1 heterocycles. The molecule has 5 nitrogen and oxygen atoms in total. The van der Waals surface area contributed by atoms with E-state index in [4.69, 9.17) is 5.84 Å². The minimum Gasteiger partial charge on any atom is -0.369 e. The number of nitrogen functional groups attached to an aromatic ring is 1. The van der Waals surface area contributed by atoms with Gasteiger partial charge in [-0.15, -0.1) is 0 Å². The Morgan fingerprint density at radius 3 is 2.78 bits per heavy atom. The maximum atomic E-state index is 5.42. The molecule has 0 radical (unpaired) electrons. The Kier molecular flexibility index (Phi) is 3.07. The van der Waals surface area contributed by atoms with Crippen LogP contribution < -0.4 is 16.6 Å². The van der Waals surface area contributed by atoms with E-state index in [1.165, 1.54) is 25.7 Å². The molecule has 2 aliphatic rings. The summed E-state index contributed by atoms with van der Waals surface area (Å²) in [6.07, 6.45) is 7.27. The standard InChI is InChI=1S/C13H21N5/c1-8-12(16-7-17-13(8)18-14)15-6-11-5-9-2-3-10(11)4-9/h7,9-11H,2-6,14H2,1H3,(H2,15,16,17,18). The summed E-state index contributed by atoms with van der Waals surface area (Å²) in [4.78, 5) is 8.38. The molecule has 3 rings (SSSR count). The molecule has 2 fully saturated rings. The number of aromatic nitrogens is 2. The minimum absolute atomic E-state index is 0.695. The van der Waals surface area contributed by atoms with Gasteiger partial charge in [0.1, 0.15) is 18.0 Å². The number of nitrogens with two attached hydrogens (primary N) is 1. The molecule has 0 saturated heterocycles. The third-order valence-corrected chi connectivity index (χ3v) is 4.64. The average molecular weight is 247 g/mol. The second kappa shape index (κ2) is 4.72. The first-order chi connectivity index (χ1) is 8.78. The van der Waals surface area contributed by atoms with Crippen molar-refractivity contribution in [2.24, 2.45) is 23.6 Å². The summed E-state index contributed by atoms with van der Waals surface area (Å²) in [5.41, 5.74) is 3.59. The first kappa shape index (κ1) is 11.7. The van der Waals surface area contributed by atoms with Crippen LogP contribution in [0.4, 0.5) is 11.6 Å². The predicted molar refractivity (Wildman–Crippen MR) is 72.0 cm³/mol. The van der Waals surface area contributed by atoms with Gasteiger partial charge in [0, 0.05) is 12.1 Å². The van der Waals surface area contributed by atoms with Crippen molar-refractivity contribution >= 4 is 11.6 Å². The smallest absolute Gasteiger partial charge is 0.148 e. The van der Waals surface area contributed by atoms with Gasteiger partial charge in [0.15, 0.2) is 0 Å². The van der Waals surface area contributed by atoms with E-state index in [1.54, 1.807) is 6.33 Å². The van der Waals surface area contributed by atoms with Crippen LogP contribution >= 0.6 is 0 Å². The van der Waals surface area contributed by atoms with Gasteiger partial charge in [0.2, 0.25) is 0 Å². The number of hydrogen-bond acceptors (Lipinski definition) is 5. The van der Waals surface area contributed by atoms with Gasteiger partial charge in [-0.25, -0.2) is 15.8 Å². The average Bonchev–Trinajstić information content (AvgIpc) is 3.00. The summed E-state index contributed by atoms with van der Waals surface area (Å²) in [5.74, 6) is 9.78. The van der Waals surface area contributed by atoms with E-state index in [1.807, 2.05) is 6.92 Å². The van der Waals surface area contributed by atoms with Crippen molar-refractivity contribution in [1.82, 2.24) is 9.97 Å². The zero-order valence-corrected chi connectivity index (χ0v) is 10.8. The van der Waals surface area contributed by atoms with Crippen molar-refractivity contribution in [2.45, 2.75) is 32.6 Å². The molecule has 2 aliphatic carbocycles. The Hall–Kier alpha value is -1.36. The number of hydrogen-bond donors (Lipinski definition) is 3. The lowest BCUT2D eigenvalue weighted by molar-refractivity contribution is 0.348. The van der Waals surface area contributed by atoms with Gasteiger partial charge >= 0.3 is 0 Å². The van der Waals surface area contributed by atoms with E-state index in [-0.39, 0.29) is 0 Å². The molecular weight excluding hydrogens is 226 g/mol. The van der Waals surface area contributed by atoms with Crippen LogP contribution in [0.2, 0.25) is 0 Å². The van der Waals surface area contributed by atoms with Crippen molar-refractivity contribution in [2.75, 3.05) is 17.3 Å². The van der Waals surface area contributed by atoms with Gasteiger partial charge in [-0.1, -0.05) is 6.42 Å². The van der Waals surface area contributed by atoms with E-state index in [9.17, 15) is 0 Å². The SMILES string of the molecule is Cc1c(NN)ncnc1NCC1CC2CCC1C2. The molecule has 0 spiro atoms. The Morgan fingerprint density at radius 2 is 2.11 bits per heavy atom. The molecule has 4 N–H and O–H groups in total. The fraction of sp³-hybridized carbons (Fsp3) is 0.692. The van der Waals surface area contributed by atoms with Gasteiger partial charge in [0.25, 0.3) is 0 Å². The van der Waals surface area contributed by atoms with Crippen LogP contribution in [0.1, 0.15) is 31.2 Å². The second-order valence-corrected chi connectivity index (χ2v) is 5.66. The quantitative estimate of drug-likeness (QED) is 0.560. The Labute approximate surface area is 108 Å². The van der Waals surface area contributed by atoms with Gasteiger partial charge in [-0.3, -0.25) is 0 Å². The van der Waals surface area contributed by atoms with Crippen LogP contribution in [0.3, 0.4) is 0 Å². The molecule has 1 aromatic rings. The van der Waals surface area contributed by atoms with E-state index in [0.29, 0.717) is 5.82 Å². The number of hydrazine groups is 1. The van der Waals surface area contributed by atoms with Crippen molar-refractivity contribution in [1.29, 1.82) is 0 Å². The lowest BCUT2D eigenvalue weighted by atomic mass is 9.89. The summed E-state index contributed by atoms with van der Waals surface area (Å²) in [7, 11) is 0. The third-order valence-electron chi connectivity index (χ3n) is 4.64. The van der Waals surface area contributed by atoms with Gasteiger partial charge in [-0.05, 0) is 43.9 Å². The number of rotatable bonds is 4. The zero-order valence-electron chi connectivity index (χ0n) is 10.8. The zero-order chi connectivity index (χ0) is 12.5. The molecule has 18 heavy (non-hydrogen) atoms. The molecule has 5 heteroatoms. The van der Waals surface area contributed by atoms with Crippen LogP contribution in [0.15, 0.2) is 6.33 Å². The van der Waals surface area contributed by atoms with Gasteiger partial charge in [0.05, 0.1) is 0 Å². The summed E-state index contributed by atoms with van der Waals surface area (Å²) in [5, 5.41) is 3.47. The van der Waals surface area contributed by atoms with E-state index < -0.39 is 0 Å². The molecule has 2 saturated carbocycles. The molecule has 98 valence electrons. The second-order valence-electron chi connectivity index (χ2n) is 5.66. The predicted octanol–water partition coefficient (Wildman–Crippen LogP) is 1.92. The summed E-state index contributed by atoms with van der Waals surface area (Å²) < 4.78 is 0. The fourth-order valence-corrected chi connectivity index (χ4v) is 3.63. The number of nitrogens with zero attached hydrogens (tertiary/aromatic N) is 2. The van der Waals surface area contributed by atoms with Crippen LogP contribution in [0, 0.1) is 24.7 Å². The lowest BCUT2D eigenvalue weighted by Gasteiger charge is -2.22. The summed E-state index contributed by atoms with van der Waals surface area (Å²) >= 11 is 0. The Bertz CT molecular complexity index is 433. The van der Waals surface area contributed by atoms with Crippen molar-refractivity contribution < 1.29 is 0 Å². The van der Waals surface area contributed by atoms with Crippen LogP contribution in [-0.4, -0.2) is 16.5 Å². The minimum atomic E-state index is 0.695. The first-order valence-electron chi connectivity index (χ1n) is 6.80. The highest BCUT2D eigenvalue weighted by Crippen LogP contribution is 2.48. The van der Waals surface area contributed by atoms with Crippen molar-refractivity contribution in [3.05, 3.63) is 11.9 Å². The first-order valence-corrected chi connectivity index (χ1v) is 6.80. The largest absolute Gasteiger partial charge is 0.369 e. The molecule has 0 aliphatic heterocycles. The van der Waals surface area contributed by atoms with Crippen molar-refractivity contribution in [3.8, 4) is 0 Å². The molecule has 1 aromatic heterocycles. The Morgan fingerprint density at radius 1 is 1.28 bits per heavy atom. The summed E-state index contributed by atoms with van der Waals surface area (Å²) in [6, 6.07) is 0. The molecule has 2 bridgehead atoms. The van der Waals surface area contributed by atoms with Crippen LogP contribution in [0.25, 0.3) is 0 Å². The molecule has 3 atom stereocenters. The van der Waals surface area contributed by atoms with Gasteiger partial charge in [-0.2, -0.15) is 0 Å². The number of anilines is 2. The molecule has 3 unspecified atom stereocenters. The van der Waals surface area contributed by atoms with Gasteiger partial charge < -0.3 is 10.7 Å². The third kappa shape index (κ3) is 2.03. The Balaban J connectivity index is 1.63. The van der Waals surface area contributed by atoms with Crippen LogP contribution in [-0.2, 0) is 0 Å². The maximum Gasteiger partial charge on any atom is 0.148 e. The number of fused-ring (bicyclic) bond motifs is 2. The highest BCUT2D eigenvalue weighted by molar-refractivity contribution is 5.55. The van der Waals surface area contributed by atoms with Crippen molar-refractivity contribution in [3.63, 3.8) is 0 Å². The number of nitrogens with one attached hydrogen (secondary N) is 2. The van der Waals surface area contributed by atoms with Crippen LogP contribution in [0.5, 0.6) is 0 Å². The fourth-order valence-electron chi connectivity index (χ4n) is 3.63. The van der Waals surface area contributed by atoms with E-state index in [0.717, 1.165) is 35.7 Å². The highest BCUT2D eigenvalue weighted by atomic mass is 15.3. The van der Waals surface area contributed by atoms with E-state index in [2.05, 4.69) is 20.7 Å². The summed E-state index contributed by atoms with van der Waals surface area (Å²) in [6.45, 7) is 3.02. The highest BCUT2D eigenvalue weighted by Gasteiger charge is 2.39.